The molecular formula is C7H4N4O4S. The average Bonchev–Trinajstić information content (AvgIpc) is 2.66. The van der Waals surface area contributed by atoms with Crippen LogP contribution >= 0.6 is 11.5 Å². The minimum Gasteiger partial charge on any atom is -0.393 e. The number of rotatable bonds is 2. The van der Waals surface area contributed by atoms with E-state index in [1.54, 1.807) is 0 Å². The van der Waals surface area contributed by atoms with E-state index in [1.165, 1.54) is 6.20 Å². The van der Waals surface area contributed by atoms with Crippen molar-refractivity contribution in [3.05, 3.63) is 32.5 Å². The number of nitrogens with two attached hydrogens (primary N) is 1. The summed E-state index contributed by atoms with van der Waals surface area (Å²) in [7, 11) is 0. The standard InChI is InChI=1S/C7H4N4O4S/c8-6-3-2-9-16-7(3)5(11(14)15)1-4(6)10(12)13/h1-2H,8H2. The second-order valence-electron chi connectivity index (χ2n) is 2.91. The van der Waals surface area contributed by atoms with E-state index in [9.17, 15) is 20.2 Å². The monoisotopic (exact) mass is 240 g/mol. The predicted molar refractivity (Wildman–Crippen MR) is 57.3 cm³/mol. The highest BCUT2D eigenvalue weighted by atomic mass is 32.1. The zero-order chi connectivity index (χ0) is 11.9. The molecule has 0 bridgehead atoms. The lowest BCUT2D eigenvalue weighted by molar-refractivity contribution is -0.392. The van der Waals surface area contributed by atoms with Gasteiger partial charge in [0.05, 0.1) is 22.1 Å². The van der Waals surface area contributed by atoms with Gasteiger partial charge in [0.15, 0.2) is 0 Å². The van der Waals surface area contributed by atoms with Crippen molar-refractivity contribution in [2.45, 2.75) is 0 Å². The van der Waals surface area contributed by atoms with Gasteiger partial charge in [0.25, 0.3) is 11.4 Å². The Balaban J connectivity index is 2.90. The molecule has 0 unspecified atom stereocenters. The van der Waals surface area contributed by atoms with E-state index in [0.29, 0.717) is 0 Å². The Morgan fingerprint density at radius 3 is 2.44 bits per heavy atom. The van der Waals surface area contributed by atoms with E-state index >= 15 is 0 Å². The molecule has 0 fully saturated rings. The molecule has 82 valence electrons. The van der Waals surface area contributed by atoms with Crippen LogP contribution in [0.2, 0.25) is 0 Å². The second-order valence-corrected chi connectivity index (χ2v) is 3.71. The topological polar surface area (TPSA) is 125 Å². The quantitative estimate of drug-likeness (QED) is 0.483. The molecular weight excluding hydrogens is 236 g/mol. The second kappa shape index (κ2) is 3.38. The van der Waals surface area contributed by atoms with Crippen LogP contribution in [0.5, 0.6) is 0 Å². The van der Waals surface area contributed by atoms with E-state index in [1.807, 2.05) is 0 Å². The van der Waals surface area contributed by atoms with Gasteiger partial charge in [-0.05, 0) is 11.5 Å². The van der Waals surface area contributed by atoms with Crippen LogP contribution in [0.1, 0.15) is 0 Å². The van der Waals surface area contributed by atoms with E-state index < -0.39 is 15.5 Å². The van der Waals surface area contributed by atoms with Crippen molar-refractivity contribution < 1.29 is 9.85 Å². The van der Waals surface area contributed by atoms with Crippen molar-refractivity contribution in [2.24, 2.45) is 0 Å². The van der Waals surface area contributed by atoms with Crippen molar-refractivity contribution in [3.8, 4) is 0 Å². The highest BCUT2D eigenvalue weighted by Gasteiger charge is 2.25. The van der Waals surface area contributed by atoms with Crippen molar-refractivity contribution in [3.63, 3.8) is 0 Å². The highest BCUT2D eigenvalue weighted by Crippen LogP contribution is 2.38. The number of non-ortho nitro benzene ring substituents is 1. The molecule has 2 rings (SSSR count). The fourth-order valence-corrected chi connectivity index (χ4v) is 2.07. The maximum absolute atomic E-state index is 10.7. The zero-order valence-corrected chi connectivity index (χ0v) is 8.43. The molecule has 0 saturated heterocycles. The molecule has 9 heteroatoms. The number of nitrogen functional groups attached to an aromatic ring is 1. The van der Waals surface area contributed by atoms with Crippen molar-refractivity contribution in [1.82, 2.24) is 4.37 Å². The van der Waals surface area contributed by atoms with Crippen LogP contribution in [-0.4, -0.2) is 14.2 Å². The van der Waals surface area contributed by atoms with E-state index in [-0.39, 0.29) is 21.5 Å². The van der Waals surface area contributed by atoms with Crippen LogP contribution < -0.4 is 5.73 Å². The number of aromatic nitrogens is 1. The van der Waals surface area contributed by atoms with Gasteiger partial charge in [-0.25, -0.2) is 0 Å². The number of anilines is 1. The molecule has 1 heterocycles. The van der Waals surface area contributed by atoms with Crippen molar-refractivity contribution in [1.29, 1.82) is 0 Å². The summed E-state index contributed by atoms with van der Waals surface area (Å²) in [4.78, 5) is 19.9. The molecule has 8 nitrogen and oxygen atoms in total. The molecule has 0 radical (unpaired) electrons. The van der Waals surface area contributed by atoms with Gasteiger partial charge >= 0.3 is 0 Å². The maximum Gasteiger partial charge on any atom is 0.299 e. The molecule has 0 spiro atoms. The lowest BCUT2D eigenvalue weighted by Crippen LogP contribution is -1.98. The number of fused-ring (bicyclic) bond motifs is 1. The Morgan fingerprint density at radius 2 is 1.88 bits per heavy atom. The van der Waals surface area contributed by atoms with Gasteiger partial charge in [0, 0.05) is 5.39 Å². The third-order valence-electron chi connectivity index (χ3n) is 2.04. The Morgan fingerprint density at radius 1 is 1.25 bits per heavy atom. The minimum atomic E-state index is -0.751. The van der Waals surface area contributed by atoms with Gasteiger partial charge in [-0.15, -0.1) is 0 Å². The Bertz CT molecular complexity index is 608. The van der Waals surface area contributed by atoms with E-state index in [0.717, 1.165) is 17.6 Å². The third-order valence-corrected chi connectivity index (χ3v) is 2.86. The van der Waals surface area contributed by atoms with Gasteiger partial charge in [0.2, 0.25) is 0 Å². The number of hydrogen-bond donors (Lipinski definition) is 1. The first-order valence-electron chi connectivity index (χ1n) is 3.98. The number of benzene rings is 1. The molecule has 0 aliphatic carbocycles. The molecule has 0 saturated carbocycles. The zero-order valence-electron chi connectivity index (χ0n) is 7.61. The molecule has 0 aliphatic heterocycles. The first kappa shape index (κ1) is 10.2. The Hall–Kier alpha value is -2.29. The third kappa shape index (κ3) is 1.34. The molecule has 0 atom stereocenters. The number of nitro groups is 2. The van der Waals surface area contributed by atoms with Crippen molar-refractivity contribution >= 4 is 38.7 Å². The molecule has 16 heavy (non-hydrogen) atoms. The highest BCUT2D eigenvalue weighted by molar-refractivity contribution is 7.14. The molecule has 2 aromatic rings. The summed E-state index contributed by atoms with van der Waals surface area (Å²) >= 11 is 0.883. The van der Waals surface area contributed by atoms with Crippen LogP contribution in [0.15, 0.2) is 12.3 Å². The van der Waals surface area contributed by atoms with E-state index in [2.05, 4.69) is 4.37 Å². The molecule has 2 N–H and O–H groups in total. The fourth-order valence-electron chi connectivity index (χ4n) is 1.31. The molecule has 0 aliphatic rings. The van der Waals surface area contributed by atoms with Gasteiger partial charge in [-0.1, -0.05) is 0 Å². The summed E-state index contributed by atoms with van der Waals surface area (Å²) in [5.74, 6) is 0. The number of nitro benzene ring substituents is 2. The summed E-state index contributed by atoms with van der Waals surface area (Å²) in [5.41, 5.74) is 4.62. The molecule has 1 aromatic heterocycles. The van der Waals surface area contributed by atoms with E-state index in [4.69, 9.17) is 5.73 Å². The van der Waals surface area contributed by atoms with Crippen LogP contribution in [0.4, 0.5) is 17.1 Å². The maximum atomic E-state index is 10.7. The van der Waals surface area contributed by atoms with Crippen LogP contribution in [0, 0.1) is 20.2 Å². The van der Waals surface area contributed by atoms with Gasteiger partial charge in [-0.3, -0.25) is 20.2 Å². The summed E-state index contributed by atoms with van der Waals surface area (Å²) in [6.45, 7) is 0. The average molecular weight is 240 g/mol. The molecule has 1 aromatic carbocycles. The first-order chi connectivity index (χ1) is 7.52. The largest absolute Gasteiger partial charge is 0.393 e. The normalized spacial score (nSPS) is 10.5. The summed E-state index contributed by atoms with van der Waals surface area (Å²) in [6, 6.07) is 0.857. The fraction of sp³-hybridized carbons (Fsp3) is 0. The molecule has 0 amide bonds. The minimum absolute atomic E-state index is 0.0978. The summed E-state index contributed by atoms with van der Waals surface area (Å²) in [6.07, 6.45) is 1.29. The van der Waals surface area contributed by atoms with Crippen LogP contribution in [0.25, 0.3) is 10.1 Å². The first-order valence-corrected chi connectivity index (χ1v) is 4.75. The summed E-state index contributed by atoms with van der Waals surface area (Å²) < 4.78 is 3.98. The van der Waals surface area contributed by atoms with Crippen LogP contribution in [-0.2, 0) is 0 Å². The smallest absolute Gasteiger partial charge is 0.299 e. The summed E-state index contributed by atoms with van der Waals surface area (Å²) in [5, 5.41) is 21.6. The Labute approximate surface area is 91.8 Å². The van der Waals surface area contributed by atoms with Gasteiger partial charge < -0.3 is 5.73 Å². The number of hydrogen-bond acceptors (Lipinski definition) is 7. The lowest BCUT2D eigenvalue weighted by atomic mass is 10.2. The predicted octanol–water partition coefficient (Wildman–Crippen LogP) is 1.69. The SMILES string of the molecule is Nc1c([N+](=O)[O-])cc([N+](=O)[O-])c2sncc12. The van der Waals surface area contributed by atoms with Crippen LogP contribution in [0.3, 0.4) is 0 Å². The lowest BCUT2D eigenvalue weighted by Gasteiger charge is -1.99. The number of nitrogens with zero attached hydrogens (tertiary/aromatic N) is 3. The van der Waals surface area contributed by atoms with Gasteiger partial charge in [-0.2, -0.15) is 4.37 Å². The Kier molecular flexibility index (Phi) is 2.16. The van der Waals surface area contributed by atoms with Crippen molar-refractivity contribution in [2.75, 3.05) is 5.73 Å². The van der Waals surface area contributed by atoms with Gasteiger partial charge in [0.1, 0.15) is 10.4 Å².